The molecule has 1 atom stereocenters. The molecule has 0 radical (unpaired) electrons. The zero-order valence-electron chi connectivity index (χ0n) is 9.34. The number of hydrogen-bond donors (Lipinski definition) is 1. The summed E-state index contributed by atoms with van der Waals surface area (Å²) < 4.78 is 1.29. The first-order valence-corrected chi connectivity index (χ1v) is 5.06. The average molecular weight is 225 g/mol. The lowest BCUT2D eigenvalue weighted by Crippen LogP contribution is -2.31. The molecule has 2 N–H and O–H groups in total. The molecule has 0 spiro atoms. The summed E-state index contributed by atoms with van der Waals surface area (Å²) in [6.45, 7) is 3.75. The maximum Gasteiger partial charge on any atom is 0.288 e. The van der Waals surface area contributed by atoms with E-state index >= 15 is 0 Å². The van der Waals surface area contributed by atoms with Crippen LogP contribution in [0.3, 0.4) is 0 Å². The maximum absolute atomic E-state index is 11.6. The van der Waals surface area contributed by atoms with E-state index < -0.39 is 4.92 Å². The van der Waals surface area contributed by atoms with Crippen molar-refractivity contribution in [3.05, 3.63) is 38.3 Å². The molecule has 0 aliphatic rings. The standard InChI is InChI=1S/C10H15N3O3/c1-3-8(11)5-12-6-9(13(15)16)7(2)4-10(12)14/h4,6,8H,3,5,11H2,1-2H3. The monoisotopic (exact) mass is 225 g/mol. The molecule has 16 heavy (non-hydrogen) atoms. The van der Waals surface area contributed by atoms with Crippen LogP contribution < -0.4 is 11.3 Å². The summed E-state index contributed by atoms with van der Waals surface area (Å²) in [5.41, 5.74) is 5.77. The second-order valence-electron chi connectivity index (χ2n) is 3.76. The molecule has 6 heteroatoms. The van der Waals surface area contributed by atoms with Crippen molar-refractivity contribution in [3.8, 4) is 0 Å². The number of nitro groups is 1. The minimum Gasteiger partial charge on any atom is -0.326 e. The van der Waals surface area contributed by atoms with Gasteiger partial charge in [-0.3, -0.25) is 14.9 Å². The first kappa shape index (κ1) is 12.4. The highest BCUT2D eigenvalue weighted by atomic mass is 16.6. The van der Waals surface area contributed by atoms with E-state index in [4.69, 9.17) is 5.73 Å². The van der Waals surface area contributed by atoms with Crippen molar-refractivity contribution in [2.75, 3.05) is 0 Å². The van der Waals surface area contributed by atoms with Gasteiger partial charge in [0.05, 0.1) is 11.1 Å². The number of nitrogens with two attached hydrogens (primary N) is 1. The molecule has 6 nitrogen and oxygen atoms in total. The van der Waals surface area contributed by atoms with E-state index in [1.54, 1.807) is 6.92 Å². The van der Waals surface area contributed by atoms with Gasteiger partial charge in [-0.25, -0.2) is 0 Å². The number of hydrogen-bond acceptors (Lipinski definition) is 4. The Morgan fingerprint density at radius 3 is 2.75 bits per heavy atom. The van der Waals surface area contributed by atoms with Crippen LogP contribution in [0.4, 0.5) is 5.69 Å². The molecule has 0 amide bonds. The van der Waals surface area contributed by atoms with E-state index in [9.17, 15) is 14.9 Å². The van der Waals surface area contributed by atoms with Gasteiger partial charge in [-0.2, -0.15) is 0 Å². The molecular formula is C10H15N3O3. The van der Waals surface area contributed by atoms with Crippen molar-refractivity contribution < 1.29 is 4.92 Å². The highest BCUT2D eigenvalue weighted by Crippen LogP contribution is 2.14. The van der Waals surface area contributed by atoms with E-state index in [1.165, 1.54) is 16.8 Å². The SMILES string of the molecule is CCC(N)Cn1cc([N+](=O)[O-])c(C)cc1=O. The van der Waals surface area contributed by atoms with Gasteiger partial charge in [0.25, 0.3) is 11.2 Å². The van der Waals surface area contributed by atoms with Crippen LogP contribution in [0.2, 0.25) is 0 Å². The van der Waals surface area contributed by atoms with Crippen LogP contribution in [0.1, 0.15) is 18.9 Å². The summed E-state index contributed by atoms with van der Waals surface area (Å²) in [5.74, 6) is 0. The molecule has 1 unspecified atom stereocenters. The minimum atomic E-state index is -0.497. The van der Waals surface area contributed by atoms with Crippen LogP contribution in [-0.2, 0) is 6.54 Å². The first-order valence-electron chi connectivity index (χ1n) is 5.06. The third-order valence-electron chi connectivity index (χ3n) is 2.46. The maximum atomic E-state index is 11.6. The van der Waals surface area contributed by atoms with Gasteiger partial charge in [-0.1, -0.05) is 6.92 Å². The summed E-state index contributed by atoms with van der Waals surface area (Å²) in [4.78, 5) is 21.8. The molecule has 1 heterocycles. The first-order chi connectivity index (χ1) is 7.45. The fraction of sp³-hybridized carbons (Fsp3) is 0.500. The lowest BCUT2D eigenvalue weighted by molar-refractivity contribution is -0.385. The fourth-order valence-corrected chi connectivity index (χ4v) is 1.37. The van der Waals surface area contributed by atoms with Crippen LogP contribution >= 0.6 is 0 Å². The molecule has 1 aromatic rings. The van der Waals surface area contributed by atoms with Crippen LogP contribution in [0.25, 0.3) is 0 Å². The van der Waals surface area contributed by atoms with E-state index in [-0.39, 0.29) is 17.3 Å². The predicted molar refractivity (Wildman–Crippen MR) is 60.4 cm³/mol. The number of aromatic nitrogens is 1. The van der Waals surface area contributed by atoms with Crippen molar-refractivity contribution in [1.82, 2.24) is 4.57 Å². The quantitative estimate of drug-likeness (QED) is 0.606. The van der Waals surface area contributed by atoms with Crippen LogP contribution in [0.5, 0.6) is 0 Å². The lowest BCUT2D eigenvalue weighted by Gasteiger charge is -2.11. The second kappa shape index (κ2) is 4.89. The van der Waals surface area contributed by atoms with Gasteiger partial charge in [0.1, 0.15) is 0 Å². The van der Waals surface area contributed by atoms with E-state index in [0.29, 0.717) is 18.5 Å². The Balaban J connectivity index is 3.15. The van der Waals surface area contributed by atoms with Crippen LogP contribution in [-0.4, -0.2) is 15.5 Å². The molecule has 88 valence electrons. The summed E-state index contributed by atoms with van der Waals surface area (Å²) in [6.07, 6.45) is 1.97. The van der Waals surface area contributed by atoms with E-state index in [0.717, 1.165) is 0 Å². The van der Waals surface area contributed by atoms with Gasteiger partial charge in [0.15, 0.2) is 0 Å². The van der Waals surface area contributed by atoms with E-state index in [2.05, 4.69) is 0 Å². The van der Waals surface area contributed by atoms with Gasteiger partial charge >= 0.3 is 0 Å². The van der Waals surface area contributed by atoms with Gasteiger partial charge in [-0.15, -0.1) is 0 Å². The summed E-state index contributed by atoms with van der Waals surface area (Å²) >= 11 is 0. The summed E-state index contributed by atoms with van der Waals surface area (Å²) in [6, 6.07) is 1.10. The lowest BCUT2D eigenvalue weighted by atomic mass is 10.2. The Morgan fingerprint density at radius 2 is 2.25 bits per heavy atom. The predicted octanol–water partition coefficient (Wildman–Crippen LogP) is 0.802. The molecule has 0 saturated carbocycles. The zero-order valence-corrected chi connectivity index (χ0v) is 9.34. The minimum absolute atomic E-state index is 0.0529. The van der Waals surface area contributed by atoms with Gasteiger partial charge in [0, 0.05) is 24.2 Å². The van der Waals surface area contributed by atoms with Crippen molar-refractivity contribution in [2.24, 2.45) is 5.73 Å². The Hall–Kier alpha value is -1.69. The molecule has 0 bridgehead atoms. The van der Waals surface area contributed by atoms with Crippen molar-refractivity contribution >= 4 is 5.69 Å². The van der Waals surface area contributed by atoms with Gasteiger partial charge < -0.3 is 10.3 Å². The van der Waals surface area contributed by atoms with Crippen molar-refractivity contribution in [1.29, 1.82) is 0 Å². The average Bonchev–Trinajstić information content (AvgIpc) is 2.21. The molecule has 1 rings (SSSR count). The molecule has 0 saturated heterocycles. The Kier molecular flexibility index (Phi) is 3.78. The molecule has 1 aromatic heterocycles. The Labute approximate surface area is 92.8 Å². The summed E-state index contributed by atoms with van der Waals surface area (Å²) in [5, 5.41) is 10.7. The number of aryl methyl sites for hydroxylation is 1. The number of rotatable bonds is 4. The highest BCUT2D eigenvalue weighted by molar-refractivity contribution is 5.35. The number of nitrogens with zero attached hydrogens (tertiary/aromatic N) is 2. The van der Waals surface area contributed by atoms with Crippen LogP contribution in [0.15, 0.2) is 17.1 Å². The largest absolute Gasteiger partial charge is 0.326 e. The normalized spacial score (nSPS) is 12.4. The Bertz CT molecular complexity index is 453. The molecule has 0 fully saturated rings. The fourth-order valence-electron chi connectivity index (χ4n) is 1.37. The third-order valence-corrected chi connectivity index (χ3v) is 2.46. The number of pyridine rings is 1. The highest BCUT2D eigenvalue weighted by Gasteiger charge is 2.14. The molecular weight excluding hydrogens is 210 g/mol. The molecule has 0 aromatic carbocycles. The van der Waals surface area contributed by atoms with E-state index in [1.807, 2.05) is 6.92 Å². The van der Waals surface area contributed by atoms with Crippen LogP contribution in [0, 0.1) is 17.0 Å². The summed E-state index contributed by atoms with van der Waals surface area (Å²) in [7, 11) is 0. The molecule has 0 aliphatic heterocycles. The topological polar surface area (TPSA) is 91.2 Å². The van der Waals surface area contributed by atoms with Crippen molar-refractivity contribution in [3.63, 3.8) is 0 Å². The third kappa shape index (κ3) is 2.66. The molecule has 0 aliphatic carbocycles. The second-order valence-corrected chi connectivity index (χ2v) is 3.76. The Morgan fingerprint density at radius 1 is 1.62 bits per heavy atom. The van der Waals surface area contributed by atoms with Crippen molar-refractivity contribution in [2.45, 2.75) is 32.9 Å². The van der Waals surface area contributed by atoms with Gasteiger partial charge in [0.2, 0.25) is 0 Å². The zero-order chi connectivity index (χ0) is 12.3. The smallest absolute Gasteiger partial charge is 0.288 e. The van der Waals surface area contributed by atoms with Gasteiger partial charge in [-0.05, 0) is 13.3 Å².